The molecular formula is C79H103ClN20O15. The van der Waals surface area contributed by atoms with Crippen molar-refractivity contribution in [1.29, 1.82) is 0 Å². The number of aliphatic hydroxyl groups is 1. The van der Waals surface area contributed by atoms with Gasteiger partial charge in [-0.15, -0.1) is 0 Å². The summed E-state index contributed by atoms with van der Waals surface area (Å²) in [5.41, 5.74) is 24.5. The van der Waals surface area contributed by atoms with Crippen molar-refractivity contribution in [2.45, 2.75) is 178 Å². The number of halogens is 1. The number of nitrogen functional groups attached to an aromatic ring is 2. The van der Waals surface area contributed by atoms with Crippen LogP contribution in [0.4, 0.5) is 11.6 Å². The quantitative estimate of drug-likeness (QED) is 0.0142. The minimum absolute atomic E-state index is 0.0126. The molecule has 0 radical (unpaired) electrons. The van der Waals surface area contributed by atoms with Crippen molar-refractivity contribution in [3.8, 4) is 0 Å². The number of carbonyl (C=O) groups is 13. The summed E-state index contributed by atoms with van der Waals surface area (Å²) >= 11 is 6.26. The highest BCUT2D eigenvalue weighted by molar-refractivity contribution is 6.30. The Balaban J connectivity index is 1.16. The zero-order chi connectivity index (χ0) is 83.7. The minimum Gasteiger partial charge on any atom is -0.480 e. The highest BCUT2D eigenvalue weighted by Crippen LogP contribution is 2.23. The first kappa shape index (κ1) is 89.8. The lowest BCUT2D eigenvalue weighted by Crippen LogP contribution is -2.61. The van der Waals surface area contributed by atoms with Crippen LogP contribution in [0.1, 0.15) is 136 Å². The summed E-state index contributed by atoms with van der Waals surface area (Å²) in [6, 6.07) is 17.4. The van der Waals surface area contributed by atoms with Crippen LogP contribution >= 0.6 is 11.6 Å². The number of aromatic nitrogens is 3. The first-order valence-electron chi connectivity index (χ1n) is 38.0. The molecule has 10 atom stereocenters. The van der Waals surface area contributed by atoms with Crippen molar-refractivity contribution in [2.75, 3.05) is 44.3 Å². The third kappa shape index (κ3) is 29.6. The molecule has 6 aromatic rings. The van der Waals surface area contributed by atoms with Crippen molar-refractivity contribution in [3.63, 3.8) is 0 Å². The number of carbonyl (C=O) groups excluding carboxylic acids is 12. The number of benzene rings is 3. The van der Waals surface area contributed by atoms with E-state index >= 15 is 9.59 Å². The number of nitrogens with two attached hydrogens (primary N) is 4. The number of nitrogens with zero attached hydrogens (tertiary/aromatic N) is 5. The maximum atomic E-state index is 15.2. The van der Waals surface area contributed by atoms with Crippen molar-refractivity contribution in [1.82, 2.24) is 78.3 Å². The topological polar surface area (TPSA) is 553 Å². The summed E-state index contributed by atoms with van der Waals surface area (Å²) in [4.78, 5) is 200. The number of nitrogens with one attached hydrogen (secondary N) is 11. The molecule has 3 aromatic carbocycles. The fraction of sp³-hybridized carbons (Fsp3) is 0.430. The molecular weight excluding hydrogens is 1500 g/mol. The number of hydrogen-bond acceptors (Lipinski definition) is 20. The molecule has 4 heterocycles. The molecule has 7 rings (SSSR count). The molecule has 1 saturated heterocycles. The number of carboxylic acid groups (broad SMARTS) is 1. The summed E-state index contributed by atoms with van der Waals surface area (Å²) in [6.07, 6.45) is 3.18. The third-order valence-electron chi connectivity index (χ3n) is 18.7. The number of hydrogen-bond donors (Lipinski definition) is 17. The van der Waals surface area contributed by atoms with E-state index in [4.69, 9.17) is 34.5 Å². The highest BCUT2D eigenvalue weighted by atomic mass is 35.5. The number of anilines is 2. The molecule has 115 heavy (non-hydrogen) atoms. The number of carboxylic acids is 1. The van der Waals surface area contributed by atoms with Crippen LogP contribution in [0.15, 0.2) is 133 Å². The first-order chi connectivity index (χ1) is 54.9. The molecule has 616 valence electrons. The van der Waals surface area contributed by atoms with Crippen LogP contribution in [0.25, 0.3) is 10.8 Å². The lowest BCUT2D eigenvalue weighted by Gasteiger charge is -2.31. The second-order valence-corrected chi connectivity index (χ2v) is 28.8. The Morgan fingerprint density at radius 2 is 1.02 bits per heavy atom. The Morgan fingerprint density at radius 1 is 0.530 bits per heavy atom. The van der Waals surface area contributed by atoms with Gasteiger partial charge in [-0.3, -0.25) is 72.3 Å². The van der Waals surface area contributed by atoms with Gasteiger partial charge in [-0.25, -0.2) is 9.97 Å². The SMILES string of the molecule is CC(=O)N[C@@H](Cc1ccc2ccccc2c1)C(=O)N[C@@H](Cc1ccc(Cl)cc1)C(=O)N[C@@H](Cc1cccnc1)C(=O)N[C@@H](CO)C(=O)N[C@@H](CCCCNC(=O)c1cccc(N)n1)C(=O)N[C@@H](CCCCNC(=O)c1cccc(N)n1)C(=O)N[C@@H](CC(C)C)C(=O)N[C@@H](CCCN=C(N)N)C(=O)N1CCC[C@@H]1C(=O)N[C@@H](C)C(=O)O. The molecule has 0 saturated carbocycles. The molecule has 0 unspecified atom stereocenters. The van der Waals surface area contributed by atoms with E-state index in [9.17, 15) is 63.0 Å². The molecule has 36 heteroatoms. The van der Waals surface area contributed by atoms with Gasteiger partial charge >= 0.3 is 5.97 Å². The Bertz CT molecular complexity index is 4400. The number of aliphatic carboxylic acids is 1. The average Bonchev–Trinajstić information content (AvgIpc) is 1.78. The maximum absolute atomic E-state index is 15.2. The molecule has 3 aromatic heterocycles. The van der Waals surface area contributed by atoms with E-state index in [-0.39, 0.29) is 145 Å². The van der Waals surface area contributed by atoms with E-state index in [0.717, 1.165) is 10.8 Å². The zero-order valence-electron chi connectivity index (χ0n) is 64.5. The number of aliphatic imine (C=N–C) groups is 1. The fourth-order valence-electron chi connectivity index (χ4n) is 12.7. The van der Waals surface area contributed by atoms with E-state index in [0.29, 0.717) is 28.1 Å². The van der Waals surface area contributed by atoms with Gasteiger partial charge in [-0.05, 0) is 153 Å². The number of fused-ring (bicyclic) bond motifs is 1. The Morgan fingerprint density at radius 3 is 1.55 bits per heavy atom. The van der Waals surface area contributed by atoms with Crippen LogP contribution in [0, 0.1) is 5.92 Å². The lowest BCUT2D eigenvalue weighted by atomic mass is 9.99. The Hall–Kier alpha value is -12.4. The monoisotopic (exact) mass is 1610 g/mol. The maximum Gasteiger partial charge on any atom is 0.325 e. The van der Waals surface area contributed by atoms with Gasteiger partial charge in [0.1, 0.15) is 83.4 Å². The number of unbranched alkanes of at least 4 members (excludes halogenated alkanes) is 2. The lowest BCUT2D eigenvalue weighted by molar-refractivity contribution is -0.144. The van der Waals surface area contributed by atoms with Crippen LogP contribution in [0.3, 0.4) is 0 Å². The van der Waals surface area contributed by atoms with Gasteiger partial charge in [0.05, 0.1) is 6.61 Å². The van der Waals surface area contributed by atoms with Gasteiger partial charge in [-0.2, -0.15) is 0 Å². The summed E-state index contributed by atoms with van der Waals surface area (Å²) in [7, 11) is 0. The molecule has 0 bridgehead atoms. The van der Waals surface area contributed by atoms with E-state index in [2.05, 4.69) is 78.4 Å². The first-order valence-corrected chi connectivity index (χ1v) is 38.3. The molecule has 1 fully saturated rings. The van der Waals surface area contributed by atoms with Crippen LogP contribution in [-0.2, 0) is 72.0 Å². The molecule has 35 nitrogen and oxygen atoms in total. The number of guanidine groups is 1. The predicted molar refractivity (Wildman–Crippen MR) is 428 cm³/mol. The fourth-order valence-corrected chi connectivity index (χ4v) is 12.9. The normalized spacial score (nSPS) is 14.7. The van der Waals surface area contributed by atoms with Crippen LogP contribution in [-0.4, -0.2) is 206 Å². The van der Waals surface area contributed by atoms with Crippen LogP contribution in [0.2, 0.25) is 5.02 Å². The molecule has 0 aliphatic carbocycles. The standard InChI is InChI=1S/C79H103ClN20O15/c1-45(2)38-59(71(107)95-58(23-14-36-88-79(83)84)77(113)100-37-15-24-64(100)76(112)89-46(3)78(114)115)96-70(106)57(20-8-10-35-87-68(104)55-22-12-26-66(82)92-55)93-69(105)56(19-7-9-34-86-67(103)54-21-11-25-65(81)91-54)94-75(111)63(44-101)99-74(110)62(42-50-16-13-33-85-43-50)98-73(109)61(40-48-28-31-53(80)32-29-48)97-72(108)60(90-47(4)102)41-49-27-30-51-17-5-6-18-52(51)39-49/h5-6,11-13,16-18,21-22,25-33,39,43,45-46,56-64,101H,7-10,14-15,19-20,23-24,34-38,40-42,44H2,1-4H3,(H2,81,91)(H2,82,92)(H,86,103)(H,87,104)(H,89,112)(H,90,102)(H,93,105)(H,94,111)(H,95,107)(H,96,106)(H,97,108)(H,98,109)(H,99,110)(H,114,115)(H4,83,84,88)/t46-,56-,57-,58-,59-,60-,61-,62-,63-,64+/m0/s1. The highest BCUT2D eigenvalue weighted by Gasteiger charge is 2.41. The van der Waals surface area contributed by atoms with Crippen LogP contribution in [0.5, 0.6) is 0 Å². The largest absolute Gasteiger partial charge is 0.480 e. The number of rotatable bonds is 44. The Kier molecular flexibility index (Phi) is 35.4. The second kappa shape index (κ2) is 45.3. The minimum atomic E-state index is -1.87. The number of pyridine rings is 3. The van der Waals surface area contributed by atoms with E-state index < -0.39 is 144 Å². The van der Waals surface area contributed by atoms with E-state index in [1.165, 1.54) is 55.4 Å². The summed E-state index contributed by atoms with van der Waals surface area (Å²) in [5.74, 6) is -11.3. The molecule has 0 spiro atoms. The molecule has 21 N–H and O–H groups in total. The second-order valence-electron chi connectivity index (χ2n) is 28.4. The number of aliphatic hydroxyl groups excluding tert-OH is 1. The Labute approximate surface area is 670 Å². The van der Waals surface area contributed by atoms with Crippen molar-refractivity contribution in [2.24, 2.45) is 22.4 Å². The molecule has 1 aliphatic rings. The predicted octanol–water partition coefficient (Wildman–Crippen LogP) is 0.642. The van der Waals surface area contributed by atoms with Gasteiger partial charge in [0, 0.05) is 69.8 Å². The van der Waals surface area contributed by atoms with Gasteiger partial charge in [0.25, 0.3) is 11.8 Å². The van der Waals surface area contributed by atoms with Crippen molar-refractivity contribution < 1.29 is 72.5 Å². The van der Waals surface area contributed by atoms with Gasteiger partial charge < -0.3 is 96.5 Å². The summed E-state index contributed by atoms with van der Waals surface area (Å²) in [5, 5.41) is 52.2. The molecule has 1 aliphatic heterocycles. The van der Waals surface area contributed by atoms with Gasteiger partial charge in [-0.1, -0.05) is 98.2 Å². The van der Waals surface area contributed by atoms with Crippen molar-refractivity contribution in [3.05, 3.63) is 161 Å². The van der Waals surface area contributed by atoms with E-state index in [1.807, 2.05) is 42.5 Å². The average molecular weight is 1610 g/mol. The van der Waals surface area contributed by atoms with E-state index in [1.54, 1.807) is 62.4 Å². The third-order valence-corrected chi connectivity index (χ3v) is 18.9. The van der Waals surface area contributed by atoms with Crippen LogP contribution < -0.4 is 81.4 Å². The smallest absolute Gasteiger partial charge is 0.325 e. The van der Waals surface area contributed by atoms with Crippen molar-refractivity contribution >= 4 is 117 Å². The van der Waals surface area contributed by atoms with Gasteiger partial charge in [0.2, 0.25) is 59.1 Å². The molecule has 12 amide bonds. The summed E-state index contributed by atoms with van der Waals surface area (Å²) < 4.78 is 0. The van der Waals surface area contributed by atoms with Gasteiger partial charge in [0.15, 0.2) is 5.96 Å². The number of amides is 12. The zero-order valence-corrected chi connectivity index (χ0v) is 65.3. The summed E-state index contributed by atoms with van der Waals surface area (Å²) in [6.45, 7) is 5.08. The number of likely N-dealkylation sites (tertiary alicyclic amines) is 1.